The van der Waals surface area contributed by atoms with Crippen molar-refractivity contribution in [1.82, 2.24) is 10.2 Å². The largest absolute Gasteiger partial charge is 0.288 e. The number of benzene rings is 1. The van der Waals surface area contributed by atoms with Gasteiger partial charge in [0.05, 0.1) is 11.7 Å². The molecule has 86 valence electrons. The van der Waals surface area contributed by atoms with Gasteiger partial charge in [0.2, 0.25) is 0 Å². The van der Waals surface area contributed by atoms with E-state index < -0.39 is 0 Å². The van der Waals surface area contributed by atoms with Gasteiger partial charge in [-0.2, -0.15) is 5.10 Å². The molecule has 0 aliphatic rings. The Kier molecular flexibility index (Phi) is 3.84. The Morgan fingerprint density at radius 3 is 3.24 bits per heavy atom. The minimum atomic E-state index is 0.142. The van der Waals surface area contributed by atoms with Crippen molar-refractivity contribution in [3.05, 3.63) is 30.0 Å². The lowest BCUT2D eigenvalue weighted by molar-refractivity contribution is -0.109. The number of aromatic nitrogens is 2. The van der Waals surface area contributed by atoms with Crippen molar-refractivity contribution in [3.63, 3.8) is 0 Å². The van der Waals surface area contributed by atoms with Crippen LogP contribution in [0.4, 0.5) is 0 Å². The van der Waals surface area contributed by atoms with E-state index in [1.165, 1.54) is 11.8 Å². The average Bonchev–Trinajstić information content (AvgIpc) is 2.77. The van der Waals surface area contributed by atoms with Crippen molar-refractivity contribution in [2.75, 3.05) is 5.75 Å². The molecule has 1 heterocycles. The van der Waals surface area contributed by atoms with Crippen LogP contribution < -0.4 is 0 Å². The van der Waals surface area contributed by atoms with E-state index in [-0.39, 0.29) is 5.12 Å². The van der Waals surface area contributed by atoms with Gasteiger partial charge in [0.15, 0.2) is 5.12 Å². The highest BCUT2D eigenvalue weighted by Gasteiger charge is 1.98. The SMILES string of the molecule is CC(=O)SCCC#Cc1cccc2[nH]ncc12. The number of nitrogens with zero attached hydrogens (tertiary/aromatic N) is 1. The minimum Gasteiger partial charge on any atom is -0.288 e. The smallest absolute Gasteiger partial charge is 0.185 e. The van der Waals surface area contributed by atoms with Crippen molar-refractivity contribution >= 4 is 27.8 Å². The second kappa shape index (κ2) is 5.55. The molecule has 17 heavy (non-hydrogen) atoms. The van der Waals surface area contributed by atoms with Crippen molar-refractivity contribution in [3.8, 4) is 11.8 Å². The molecule has 4 heteroatoms. The van der Waals surface area contributed by atoms with Crippen LogP contribution in [-0.4, -0.2) is 21.1 Å². The number of H-pyrrole nitrogens is 1. The lowest BCUT2D eigenvalue weighted by Crippen LogP contribution is -1.84. The van der Waals surface area contributed by atoms with E-state index >= 15 is 0 Å². The molecule has 0 fully saturated rings. The van der Waals surface area contributed by atoms with Crippen LogP contribution in [0, 0.1) is 11.8 Å². The summed E-state index contributed by atoms with van der Waals surface area (Å²) in [6.07, 6.45) is 2.50. The first-order valence-corrected chi connectivity index (χ1v) is 6.30. The van der Waals surface area contributed by atoms with Crippen LogP contribution in [0.15, 0.2) is 24.4 Å². The summed E-state index contributed by atoms with van der Waals surface area (Å²) in [5.74, 6) is 6.94. The van der Waals surface area contributed by atoms with Crippen molar-refractivity contribution < 1.29 is 4.79 Å². The number of thioether (sulfide) groups is 1. The number of fused-ring (bicyclic) bond motifs is 1. The van der Waals surface area contributed by atoms with Crippen molar-refractivity contribution in [2.45, 2.75) is 13.3 Å². The van der Waals surface area contributed by atoms with Crippen LogP contribution >= 0.6 is 11.8 Å². The summed E-state index contributed by atoms with van der Waals surface area (Å²) >= 11 is 1.31. The molecule has 0 spiro atoms. The third-order valence-electron chi connectivity index (χ3n) is 2.24. The zero-order valence-electron chi connectivity index (χ0n) is 9.49. The molecular weight excluding hydrogens is 232 g/mol. The molecule has 0 saturated carbocycles. The minimum absolute atomic E-state index is 0.142. The Bertz CT molecular complexity index is 592. The molecule has 0 bridgehead atoms. The standard InChI is InChI=1S/C13H12N2OS/c1-10(16)17-8-3-2-5-11-6-4-7-13-12(11)9-14-15-13/h4,6-7,9H,3,8H2,1H3,(H,14,15). The van der Waals surface area contributed by atoms with E-state index in [0.717, 1.165) is 28.6 Å². The van der Waals surface area contributed by atoms with Gasteiger partial charge in [-0.05, 0) is 12.1 Å². The first-order chi connectivity index (χ1) is 8.27. The summed E-state index contributed by atoms with van der Waals surface area (Å²) in [6, 6.07) is 5.90. The zero-order valence-corrected chi connectivity index (χ0v) is 10.3. The van der Waals surface area contributed by atoms with Crippen LogP contribution in [0.3, 0.4) is 0 Å². The maximum atomic E-state index is 10.7. The number of carbonyl (C=O) groups is 1. The number of hydrogen-bond donors (Lipinski definition) is 1. The quantitative estimate of drug-likeness (QED) is 0.652. The topological polar surface area (TPSA) is 45.8 Å². The number of hydrogen-bond acceptors (Lipinski definition) is 3. The second-order valence-corrected chi connectivity index (χ2v) is 4.80. The molecule has 1 aromatic carbocycles. The summed E-state index contributed by atoms with van der Waals surface area (Å²) in [7, 11) is 0. The van der Waals surface area contributed by atoms with Gasteiger partial charge in [0, 0.05) is 30.0 Å². The fourth-order valence-corrected chi connectivity index (χ4v) is 1.97. The first-order valence-electron chi connectivity index (χ1n) is 5.31. The number of aromatic amines is 1. The van der Waals surface area contributed by atoms with Crippen LogP contribution in [0.5, 0.6) is 0 Å². The third kappa shape index (κ3) is 3.11. The molecule has 1 aromatic heterocycles. The lowest BCUT2D eigenvalue weighted by Gasteiger charge is -1.92. The van der Waals surface area contributed by atoms with E-state index in [1.54, 1.807) is 13.1 Å². The molecule has 0 aliphatic carbocycles. The maximum absolute atomic E-state index is 10.7. The van der Waals surface area contributed by atoms with Crippen LogP contribution in [-0.2, 0) is 4.79 Å². The van der Waals surface area contributed by atoms with E-state index in [1.807, 2.05) is 18.2 Å². The number of rotatable bonds is 2. The Balaban J connectivity index is 2.05. The van der Waals surface area contributed by atoms with Crippen LogP contribution in [0.2, 0.25) is 0 Å². The highest BCUT2D eigenvalue weighted by atomic mass is 32.2. The predicted octanol–water partition coefficient (Wildman–Crippen LogP) is 2.58. The molecule has 1 N–H and O–H groups in total. The molecule has 0 aliphatic heterocycles. The molecule has 0 atom stereocenters. The predicted molar refractivity (Wildman–Crippen MR) is 70.7 cm³/mol. The molecule has 0 radical (unpaired) electrons. The summed E-state index contributed by atoms with van der Waals surface area (Å²) in [5.41, 5.74) is 1.97. The van der Waals surface area contributed by atoms with Gasteiger partial charge in [-0.3, -0.25) is 9.89 Å². The highest BCUT2D eigenvalue weighted by Crippen LogP contribution is 2.14. The number of nitrogens with one attached hydrogen (secondary N) is 1. The van der Waals surface area contributed by atoms with Gasteiger partial charge < -0.3 is 0 Å². The van der Waals surface area contributed by atoms with E-state index in [9.17, 15) is 4.79 Å². The summed E-state index contributed by atoms with van der Waals surface area (Å²) in [5, 5.41) is 8.08. The molecule has 3 nitrogen and oxygen atoms in total. The average molecular weight is 244 g/mol. The van der Waals surface area contributed by atoms with Gasteiger partial charge in [-0.25, -0.2) is 0 Å². The lowest BCUT2D eigenvalue weighted by atomic mass is 10.1. The molecule has 0 amide bonds. The van der Waals surface area contributed by atoms with Gasteiger partial charge in [-0.15, -0.1) is 0 Å². The normalized spacial score (nSPS) is 9.94. The van der Waals surface area contributed by atoms with E-state index in [4.69, 9.17) is 0 Å². The Morgan fingerprint density at radius 2 is 2.41 bits per heavy atom. The van der Waals surface area contributed by atoms with Crippen LogP contribution in [0.25, 0.3) is 10.9 Å². The first kappa shape index (κ1) is 11.7. The molecule has 0 unspecified atom stereocenters. The molecule has 2 rings (SSSR count). The molecular formula is C13H12N2OS. The molecule has 2 aromatic rings. The van der Waals surface area contributed by atoms with Gasteiger partial charge in [0.1, 0.15) is 0 Å². The Hall–Kier alpha value is -1.73. The Morgan fingerprint density at radius 1 is 1.53 bits per heavy atom. The zero-order chi connectivity index (χ0) is 12.1. The van der Waals surface area contributed by atoms with Crippen molar-refractivity contribution in [1.29, 1.82) is 0 Å². The van der Waals surface area contributed by atoms with Gasteiger partial charge in [-0.1, -0.05) is 29.7 Å². The second-order valence-electron chi connectivity index (χ2n) is 3.53. The van der Waals surface area contributed by atoms with Gasteiger partial charge in [0.25, 0.3) is 0 Å². The van der Waals surface area contributed by atoms with E-state index in [0.29, 0.717) is 0 Å². The maximum Gasteiger partial charge on any atom is 0.185 e. The fraction of sp³-hybridized carbons (Fsp3) is 0.231. The fourth-order valence-electron chi connectivity index (χ4n) is 1.48. The summed E-state index contributed by atoms with van der Waals surface area (Å²) in [6.45, 7) is 1.57. The summed E-state index contributed by atoms with van der Waals surface area (Å²) in [4.78, 5) is 10.7. The van der Waals surface area contributed by atoms with Gasteiger partial charge >= 0.3 is 0 Å². The Labute approximate surface area is 104 Å². The third-order valence-corrected chi connectivity index (χ3v) is 3.05. The van der Waals surface area contributed by atoms with E-state index in [2.05, 4.69) is 22.0 Å². The number of carbonyl (C=O) groups excluding carboxylic acids is 1. The molecule has 0 saturated heterocycles. The van der Waals surface area contributed by atoms with Crippen molar-refractivity contribution in [2.24, 2.45) is 0 Å². The summed E-state index contributed by atoms with van der Waals surface area (Å²) < 4.78 is 0. The monoisotopic (exact) mass is 244 g/mol. The van der Waals surface area contributed by atoms with Crippen LogP contribution in [0.1, 0.15) is 18.9 Å². The highest BCUT2D eigenvalue weighted by molar-refractivity contribution is 8.13.